The largest absolute Gasteiger partial charge is 0.494 e. The molecule has 0 aliphatic carbocycles. The predicted octanol–water partition coefficient (Wildman–Crippen LogP) is 3.79. The van der Waals surface area contributed by atoms with E-state index in [-0.39, 0.29) is 0 Å². The Morgan fingerprint density at radius 3 is 2.94 bits per heavy atom. The van der Waals surface area contributed by atoms with Crippen LogP contribution in [0.25, 0.3) is 0 Å². The summed E-state index contributed by atoms with van der Waals surface area (Å²) in [4.78, 5) is 4.01. The molecule has 0 fully saturated rings. The second-order valence-electron chi connectivity index (χ2n) is 4.17. The smallest absolute Gasteiger partial charge is 0.120 e. The number of hydrogen-bond acceptors (Lipinski definition) is 2. The lowest BCUT2D eigenvalue weighted by Gasteiger charge is -2.06. The SMILES string of the molecule is Clc1cccc(OCCCCCn2ccnc2)c1. The van der Waals surface area contributed by atoms with Crippen LogP contribution < -0.4 is 4.74 Å². The third kappa shape index (κ3) is 4.41. The maximum atomic E-state index is 5.88. The van der Waals surface area contributed by atoms with Crippen molar-refractivity contribution in [3.8, 4) is 5.75 Å². The molecule has 1 heterocycles. The van der Waals surface area contributed by atoms with Gasteiger partial charge in [0.05, 0.1) is 12.9 Å². The third-order valence-electron chi connectivity index (χ3n) is 2.68. The van der Waals surface area contributed by atoms with Crippen molar-refractivity contribution in [2.45, 2.75) is 25.8 Å². The summed E-state index contributed by atoms with van der Waals surface area (Å²) < 4.78 is 7.72. The van der Waals surface area contributed by atoms with Gasteiger partial charge in [-0.3, -0.25) is 0 Å². The Kier molecular flexibility index (Phi) is 5.09. The first-order valence-corrected chi connectivity index (χ1v) is 6.56. The number of aryl methyl sites for hydroxylation is 1. The topological polar surface area (TPSA) is 27.1 Å². The van der Waals surface area contributed by atoms with Crippen LogP contribution in [-0.4, -0.2) is 16.2 Å². The van der Waals surface area contributed by atoms with Crippen molar-refractivity contribution in [2.24, 2.45) is 0 Å². The number of imidazole rings is 1. The van der Waals surface area contributed by atoms with Crippen molar-refractivity contribution < 1.29 is 4.74 Å². The fourth-order valence-electron chi connectivity index (χ4n) is 1.74. The predicted molar refractivity (Wildman–Crippen MR) is 73.0 cm³/mol. The van der Waals surface area contributed by atoms with E-state index in [2.05, 4.69) is 9.55 Å². The van der Waals surface area contributed by atoms with Crippen LogP contribution >= 0.6 is 11.6 Å². The van der Waals surface area contributed by atoms with Crippen molar-refractivity contribution >= 4 is 11.6 Å². The van der Waals surface area contributed by atoms with Crippen LogP contribution in [-0.2, 0) is 6.54 Å². The number of ether oxygens (including phenoxy) is 1. The molecule has 0 spiro atoms. The van der Waals surface area contributed by atoms with Crippen molar-refractivity contribution in [1.29, 1.82) is 0 Å². The van der Waals surface area contributed by atoms with Gasteiger partial charge in [0, 0.05) is 24.0 Å². The summed E-state index contributed by atoms with van der Waals surface area (Å²) in [5, 5.41) is 0.715. The molecule has 0 saturated carbocycles. The maximum absolute atomic E-state index is 5.88. The van der Waals surface area contributed by atoms with Crippen molar-refractivity contribution in [2.75, 3.05) is 6.61 Å². The molecular formula is C14H17ClN2O. The molecule has 0 bridgehead atoms. The van der Waals surface area contributed by atoms with Crippen LogP contribution in [0, 0.1) is 0 Å². The fourth-order valence-corrected chi connectivity index (χ4v) is 1.92. The summed E-state index contributed by atoms with van der Waals surface area (Å²) in [5.74, 6) is 0.845. The Bertz CT molecular complexity index is 457. The first-order valence-electron chi connectivity index (χ1n) is 6.19. The summed E-state index contributed by atoms with van der Waals surface area (Å²) in [5.41, 5.74) is 0. The minimum absolute atomic E-state index is 0.715. The first-order chi connectivity index (χ1) is 8.84. The highest BCUT2D eigenvalue weighted by molar-refractivity contribution is 6.30. The fraction of sp³-hybridized carbons (Fsp3) is 0.357. The lowest BCUT2D eigenvalue weighted by molar-refractivity contribution is 0.304. The molecule has 1 aromatic carbocycles. The average molecular weight is 265 g/mol. The zero-order valence-electron chi connectivity index (χ0n) is 10.3. The van der Waals surface area contributed by atoms with Gasteiger partial charge >= 0.3 is 0 Å². The zero-order valence-corrected chi connectivity index (χ0v) is 11.0. The number of unbranched alkanes of at least 4 members (excludes halogenated alkanes) is 2. The summed E-state index contributed by atoms with van der Waals surface area (Å²) in [7, 11) is 0. The van der Waals surface area contributed by atoms with Gasteiger partial charge in [-0.15, -0.1) is 0 Å². The molecule has 3 nitrogen and oxygen atoms in total. The van der Waals surface area contributed by atoms with E-state index in [1.165, 1.54) is 0 Å². The molecule has 18 heavy (non-hydrogen) atoms. The van der Waals surface area contributed by atoms with Crippen molar-refractivity contribution in [1.82, 2.24) is 9.55 Å². The Morgan fingerprint density at radius 2 is 2.17 bits per heavy atom. The molecular weight excluding hydrogens is 248 g/mol. The number of aromatic nitrogens is 2. The van der Waals surface area contributed by atoms with Gasteiger partial charge in [0.15, 0.2) is 0 Å². The molecule has 0 amide bonds. The highest BCUT2D eigenvalue weighted by Crippen LogP contribution is 2.17. The van der Waals surface area contributed by atoms with E-state index in [0.29, 0.717) is 5.02 Å². The van der Waals surface area contributed by atoms with Gasteiger partial charge in [-0.05, 0) is 37.5 Å². The van der Waals surface area contributed by atoms with Crippen molar-refractivity contribution in [3.63, 3.8) is 0 Å². The maximum Gasteiger partial charge on any atom is 0.120 e. The molecule has 96 valence electrons. The van der Waals surface area contributed by atoms with Gasteiger partial charge in [0.25, 0.3) is 0 Å². The molecule has 0 aliphatic heterocycles. The molecule has 4 heteroatoms. The highest BCUT2D eigenvalue weighted by atomic mass is 35.5. The molecule has 1 aromatic heterocycles. The van der Waals surface area contributed by atoms with Gasteiger partial charge in [0.2, 0.25) is 0 Å². The minimum atomic E-state index is 0.715. The minimum Gasteiger partial charge on any atom is -0.494 e. The standard InChI is InChI=1S/C14H17ClN2O/c15-13-5-4-6-14(11-13)18-10-3-1-2-8-17-9-7-16-12-17/h4-7,9,11-12H,1-3,8,10H2. The molecule has 2 aromatic rings. The molecule has 0 aliphatic rings. The Morgan fingerprint density at radius 1 is 1.22 bits per heavy atom. The summed E-state index contributed by atoms with van der Waals surface area (Å²) in [6.07, 6.45) is 9.00. The van der Waals surface area contributed by atoms with E-state index < -0.39 is 0 Å². The molecule has 0 atom stereocenters. The first kappa shape index (κ1) is 13.0. The second kappa shape index (κ2) is 7.07. The van der Waals surface area contributed by atoms with Crippen LogP contribution in [0.1, 0.15) is 19.3 Å². The van der Waals surface area contributed by atoms with E-state index in [1.807, 2.05) is 43.0 Å². The van der Waals surface area contributed by atoms with Crippen molar-refractivity contribution in [3.05, 3.63) is 48.0 Å². The van der Waals surface area contributed by atoms with Crippen LogP contribution in [0.2, 0.25) is 5.02 Å². The van der Waals surface area contributed by atoms with E-state index in [9.17, 15) is 0 Å². The lowest BCUT2D eigenvalue weighted by atomic mass is 10.2. The number of nitrogens with zero attached hydrogens (tertiary/aromatic N) is 2. The van der Waals surface area contributed by atoms with Crippen LogP contribution in [0.3, 0.4) is 0 Å². The Hall–Kier alpha value is -1.48. The molecule has 0 radical (unpaired) electrons. The van der Waals surface area contributed by atoms with Crippen LogP contribution in [0.5, 0.6) is 5.75 Å². The number of hydrogen-bond donors (Lipinski definition) is 0. The van der Waals surface area contributed by atoms with Crippen LogP contribution in [0.4, 0.5) is 0 Å². The zero-order chi connectivity index (χ0) is 12.6. The van der Waals surface area contributed by atoms with E-state index in [4.69, 9.17) is 16.3 Å². The number of halogens is 1. The van der Waals surface area contributed by atoms with Gasteiger partial charge in [-0.1, -0.05) is 17.7 Å². The summed E-state index contributed by atoms with van der Waals surface area (Å²) in [6, 6.07) is 7.51. The number of rotatable bonds is 7. The van der Waals surface area contributed by atoms with Crippen LogP contribution in [0.15, 0.2) is 43.0 Å². The van der Waals surface area contributed by atoms with Gasteiger partial charge in [-0.2, -0.15) is 0 Å². The van der Waals surface area contributed by atoms with Gasteiger partial charge < -0.3 is 9.30 Å². The molecule has 0 saturated heterocycles. The normalized spacial score (nSPS) is 10.5. The summed E-state index contributed by atoms with van der Waals surface area (Å²) in [6.45, 7) is 1.77. The lowest BCUT2D eigenvalue weighted by Crippen LogP contribution is -1.99. The second-order valence-corrected chi connectivity index (χ2v) is 4.60. The van der Waals surface area contributed by atoms with Gasteiger partial charge in [0.1, 0.15) is 5.75 Å². The van der Waals surface area contributed by atoms with E-state index in [0.717, 1.165) is 38.2 Å². The molecule has 0 N–H and O–H groups in total. The quantitative estimate of drug-likeness (QED) is 0.712. The van der Waals surface area contributed by atoms with E-state index in [1.54, 1.807) is 0 Å². The summed E-state index contributed by atoms with van der Waals surface area (Å²) >= 11 is 5.88. The number of benzene rings is 1. The Balaban J connectivity index is 1.56. The Labute approximate surface area is 112 Å². The average Bonchev–Trinajstić information content (AvgIpc) is 2.87. The molecule has 0 unspecified atom stereocenters. The highest BCUT2D eigenvalue weighted by Gasteiger charge is 1.95. The van der Waals surface area contributed by atoms with Gasteiger partial charge in [-0.25, -0.2) is 4.98 Å². The van der Waals surface area contributed by atoms with E-state index >= 15 is 0 Å². The monoisotopic (exact) mass is 264 g/mol. The molecule has 2 rings (SSSR count). The third-order valence-corrected chi connectivity index (χ3v) is 2.92.